The summed E-state index contributed by atoms with van der Waals surface area (Å²) in [6.45, 7) is 1.16. The zero-order valence-electron chi connectivity index (χ0n) is 11.3. The van der Waals surface area contributed by atoms with Gasteiger partial charge in [0.05, 0.1) is 12.9 Å². The van der Waals surface area contributed by atoms with E-state index in [2.05, 4.69) is 15.3 Å². The third-order valence-electron chi connectivity index (χ3n) is 3.00. The topological polar surface area (TPSA) is 59.8 Å². The van der Waals surface area contributed by atoms with Gasteiger partial charge in [-0.3, -0.25) is 4.79 Å². The largest absolute Gasteiger partial charge is 0.346 e. The smallest absolute Gasteiger partial charge is 0.251 e. The van der Waals surface area contributed by atoms with E-state index in [9.17, 15) is 4.79 Å². The summed E-state index contributed by atoms with van der Waals surface area (Å²) in [5.41, 5.74) is 1.72. The third-order valence-corrected chi connectivity index (χ3v) is 3.78. The van der Waals surface area contributed by atoms with E-state index in [0.717, 1.165) is 10.6 Å². The molecule has 5 nitrogen and oxygen atoms in total. The van der Waals surface area contributed by atoms with Gasteiger partial charge in [-0.1, -0.05) is 12.1 Å². The predicted octanol–water partition coefficient (Wildman–Crippen LogP) is 2.32. The number of thiazole rings is 1. The molecule has 106 valence electrons. The van der Waals surface area contributed by atoms with Crippen LogP contribution in [0.15, 0.2) is 54.6 Å². The second-order valence-electron chi connectivity index (χ2n) is 4.54. The first-order chi connectivity index (χ1) is 10.3. The maximum absolute atomic E-state index is 12.1. The first kappa shape index (κ1) is 13.5. The second-order valence-corrected chi connectivity index (χ2v) is 5.52. The maximum atomic E-state index is 12.1. The van der Waals surface area contributed by atoms with Crippen molar-refractivity contribution in [3.8, 4) is 0 Å². The summed E-state index contributed by atoms with van der Waals surface area (Å²) in [4.78, 5) is 20.3. The Morgan fingerprint density at radius 2 is 2.29 bits per heavy atom. The zero-order valence-corrected chi connectivity index (χ0v) is 12.1. The lowest BCUT2D eigenvalue weighted by Crippen LogP contribution is -2.22. The van der Waals surface area contributed by atoms with Crippen LogP contribution in [0.25, 0.3) is 0 Å². The average Bonchev–Trinajstić information content (AvgIpc) is 3.18. The van der Waals surface area contributed by atoms with Crippen molar-refractivity contribution in [2.75, 3.05) is 0 Å². The van der Waals surface area contributed by atoms with Gasteiger partial charge in [0, 0.05) is 36.1 Å². The molecule has 1 aromatic carbocycles. The van der Waals surface area contributed by atoms with Crippen molar-refractivity contribution in [3.05, 3.63) is 70.7 Å². The lowest BCUT2D eigenvalue weighted by atomic mass is 10.1. The molecular weight excluding hydrogens is 284 g/mol. The van der Waals surface area contributed by atoms with Crippen molar-refractivity contribution in [1.29, 1.82) is 0 Å². The Hall–Kier alpha value is -2.47. The van der Waals surface area contributed by atoms with Crippen LogP contribution in [-0.2, 0) is 13.1 Å². The first-order valence-corrected chi connectivity index (χ1v) is 7.40. The van der Waals surface area contributed by atoms with Crippen LogP contribution in [-0.4, -0.2) is 20.4 Å². The van der Waals surface area contributed by atoms with Gasteiger partial charge in [0.2, 0.25) is 0 Å². The Morgan fingerprint density at radius 1 is 1.33 bits per heavy atom. The minimum Gasteiger partial charge on any atom is -0.346 e. The number of amides is 1. The van der Waals surface area contributed by atoms with E-state index in [1.54, 1.807) is 18.7 Å². The van der Waals surface area contributed by atoms with E-state index in [-0.39, 0.29) is 5.91 Å². The number of nitrogens with one attached hydrogen (secondary N) is 1. The van der Waals surface area contributed by atoms with Crippen LogP contribution in [0.3, 0.4) is 0 Å². The molecule has 2 heterocycles. The second kappa shape index (κ2) is 6.32. The Morgan fingerprint density at radius 3 is 3.05 bits per heavy atom. The van der Waals surface area contributed by atoms with Crippen molar-refractivity contribution >= 4 is 17.2 Å². The standard InChI is InChI=1S/C15H14N4OS/c20-15(18-9-14-17-5-7-21-14)13-3-1-2-12(8-13)10-19-6-4-16-11-19/h1-8,11H,9-10H2,(H,18,20). The normalized spacial score (nSPS) is 10.5. The van der Waals surface area contributed by atoms with Crippen molar-refractivity contribution < 1.29 is 4.79 Å². The van der Waals surface area contributed by atoms with Crippen molar-refractivity contribution in [2.24, 2.45) is 0 Å². The average molecular weight is 298 g/mol. The number of hydrogen-bond donors (Lipinski definition) is 1. The molecule has 0 spiro atoms. The van der Waals surface area contributed by atoms with E-state index < -0.39 is 0 Å². The van der Waals surface area contributed by atoms with Gasteiger partial charge in [-0.25, -0.2) is 9.97 Å². The molecule has 0 atom stereocenters. The van der Waals surface area contributed by atoms with E-state index in [1.165, 1.54) is 11.3 Å². The van der Waals surface area contributed by atoms with E-state index in [4.69, 9.17) is 0 Å². The van der Waals surface area contributed by atoms with Gasteiger partial charge in [0.15, 0.2) is 0 Å². The Bertz CT molecular complexity index is 707. The van der Waals surface area contributed by atoms with Gasteiger partial charge >= 0.3 is 0 Å². The quantitative estimate of drug-likeness (QED) is 0.786. The predicted molar refractivity (Wildman–Crippen MR) is 81.1 cm³/mol. The van der Waals surface area contributed by atoms with Crippen molar-refractivity contribution in [3.63, 3.8) is 0 Å². The highest BCUT2D eigenvalue weighted by Gasteiger charge is 2.07. The lowest BCUT2D eigenvalue weighted by Gasteiger charge is -2.06. The Balaban J connectivity index is 1.65. The fraction of sp³-hybridized carbons (Fsp3) is 0.133. The SMILES string of the molecule is O=C(NCc1nccs1)c1cccc(Cn2ccnc2)c1. The van der Waals surface area contributed by atoms with Crippen LogP contribution in [0.4, 0.5) is 0 Å². The van der Waals surface area contributed by atoms with E-state index in [0.29, 0.717) is 18.7 Å². The summed E-state index contributed by atoms with van der Waals surface area (Å²) in [5, 5.41) is 5.67. The highest BCUT2D eigenvalue weighted by molar-refractivity contribution is 7.09. The summed E-state index contributed by atoms with van der Waals surface area (Å²) >= 11 is 1.53. The summed E-state index contributed by atoms with van der Waals surface area (Å²) in [5.74, 6) is -0.0855. The van der Waals surface area contributed by atoms with Crippen molar-refractivity contribution in [2.45, 2.75) is 13.1 Å². The molecule has 0 unspecified atom stereocenters. The van der Waals surface area contributed by atoms with Gasteiger partial charge in [-0.15, -0.1) is 11.3 Å². The van der Waals surface area contributed by atoms with E-state index in [1.807, 2.05) is 40.4 Å². The third kappa shape index (κ3) is 3.55. The molecule has 0 saturated carbocycles. The van der Waals surface area contributed by atoms with Gasteiger partial charge in [0.1, 0.15) is 5.01 Å². The Kier molecular flexibility index (Phi) is 4.07. The molecule has 0 saturated heterocycles. The molecule has 0 aliphatic carbocycles. The number of carbonyl (C=O) groups is 1. The van der Waals surface area contributed by atoms with Crippen LogP contribution in [0.5, 0.6) is 0 Å². The van der Waals surface area contributed by atoms with Crippen LogP contribution in [0, 0.1) is 0 Å². The molecule has 0 fully saturated rings. The number of aromatic nitrogens is 3. The van der Waals surface area contributed by atoms with Crippen LogP contribution >= 0.6 is 11.3 Å². The molecule has 2 aromatic heterocycles. The molecule has 3 aromatic rings. The molecule has 0 radical (unpaired) electrons. The number of hydrogen-bond acceptors (Lipinski definition) is 4. The molecule has 1 amide bonds. The lowest BCUT2D eigenvalue weighted by molar-refractivity contribution is 0.0951. The number of imidazole rings is 1. The van der Waals surface area contributed by atoms with Gasteiger partial charge < -0.3 is 9.88 Å². The molecule has 0 aliphatic rings. The molecule has 21 heavy (non-hydrogen) atoms. The van der Waals surface area contributed by atoms with Gasteiger partial charge in [-0.2, -0.15) is 0 Å². The minimum atomic E-state index is -0.0855. The molecule has 0 bridgehead atoms. The summed E-state index contributed by atoms with van der Waals surface area (Å²) in [7, 11) is 0. The molecular formula is C15H14N4OS. The van der Waals surface area contributed by atoms with Crippen molar-refractivity contribution in [1.82, 2.24) is 19.9 Å². The number of benzene rings is 1. The summed E-state index contributed by atoms with van der Waals surface area (Å²) < 4.78 is 1.96. The van der Waals surface area contributed by atoms with Crippen LogP contribution < -0.4 is 5.32 Å². The van der Waals surface area contributed by atoms with Crippen LogP contribution in [0.2, 0.25) is 0 Å². The first-order valence-electron chi connectivity index (χ1n) is 6.52. The van der Waals surface area contributed by atoms with E-state index >= 15 is 0 Å². The number of rotatable bonds is 5. The fourth-order valence-electron chi connectivity index (χ4n) is 2.00. The van der Waals surface area contributed by atoms with Gasteiger partial charge in [0.25, 0.3) is 5.91 Å². The zero-order chi connectivity index (χ0) is 14.5. The summed E-state index contributed by atoms with van der Waals surface area (Å²) in [6, 6.07) is 7.61. The Labute approximate surface area is 126 Å². The van der Waals surface area contributed by atoms with Crippen LogP contribution in [0.1, 0.15) is 20.9 Å². The fourth-order valence-corrected chi connectivity index (χ4v) is 2.56. The molecule has 6 heteroatoms. The van der Waals surface area contributed by atoms with Gasteiger partial charge in [-0.05, 0) is 17.7 Å². The molecule has 0 aliphatic heterocycles. The monoisotopic (exact) mass is 298 g/mol. The molecule has 3 rings (SSSR count). The highest BCUT2D eigenvalue weighted by atomic mass is 32.1. The minimum absolute atomic E-state index is 0.0855. The molecule has 1 N–H and O–H groups in total. The summed E-state index contributed by atoms with van der Waals surface area (Å²) in [6.07, 6.45) is 7.13. The number of carbonyl (C=O) groups excluding carboxylic acids is 1. The number of nitrogens with zero attached hydrogens (tertiary/aromatic N) is 3. The maximum Gasteiger partial charge on any atom is 0.251 e. The highest BCUT2D eigenvalue weighted by Crippen LogP contribution is 2.08.